The molecule has 1 aromatic rings. The molecule has 0 amide bonds. The molecule has 1 aromatic heterocycles. The zero-order valence-corrected chi connectivity index (χ0v) is 11.7. The minimum Gasteiger partial charge on any atom is -0.354 e. The van der Waals surface area contributed by atoms with Crippen molar-refractivity contribution in [1.29, 1.82) is 0 Å². The summed E-state index contributed by atoms with van der Waals surface area (Å²) >= 11 is 0. The van der Waals surface area contributed by atoms with E-state index in [1.54, 1.807) is 0 Å². The van der Waals surface area contributed by atoms with Gasteiger partial charge >= 0.3 is 0 Å². The predicted octanol–water partition coefficient (Wildman–Crippen LogP) is 1.22. The smallest absolute Gasteiger partial charge is 0.243 e. The number of nitrogens with one attached hydrogen (secondary N) is 2. The van der Waals surface area contributed by atoms with Crippen LogP contribution in [0.1, 0.15) is 33.1 Å². The van der Waals surface area contributed by atoms with E-state index in [2.05, 4.69) is 44.4 Å². The van der Waals surface area contributed by atoms with Crippen molar-refractivity contribution in [3.8, 4) is 0 Å². The van der Waals surface area contributed by atoms with Crippen LogP contribution in [0, 0.1) is 5.92 Å². The fourth-order valence-corrected chi connectivity index (χ4v) is 2.04. The van der Waals surface area contributed by atoms with Gasteiger partial charge in [0.1, 0.15) is 0 Å². The maximum atomic E-state index is 5.42. The second-order valence-electron chi connectivity index (χ2n) is 5.25. The molecule has 0 aromatic carbocycles. The third kappa shape index (κ3) is 3.92. The number of anilines is 3. The molecule has 0 unspecified atom stereocenters. The molecular weight excluding hydrogens is 242 g/mol. The molecule has 1 saturated heterocycles. The van der Waals surface area contributed by atoms with E-state index in [1.165, 1.54) is 19.3 Å². The predicted molar refractivity (Wildman–Crippen MR) is 77.0 cm³/mol. The molecule has 1 fully saturated rings. The maximum Gasteiger partial charge on any atom is 0.243 e. The average molecular weight is 265 g/mol. The van der Waals surface area contributed by atoms with Crippen molar-refractivity contribution in [2.75, 3.05) is 35.3 Å². The number of hydrogen-bond donors (Lipinski definition) is 3. The molecule has 4 N–H and O–H groups in total. The quantitative estimate of drug-likeness (QED) is 0.544. The van der Waals surface area contributed by atoms with Crippen molar-refractivity contribution in [2.24, 2.45) is 11.8 Å². The number of nitrogens with two attached hydrogens (primary N) is 1. The Morgan fingerprint density at radius 3 is 2.42 bits per heavy atom. The Morgan fingerprint density at radius 1 is 1.11 bits per heavy atom. The van der Waals surface area contributed by atoms with Crippen LogP contribution in [0.4, 0.5) is 17.8 Å². The van der Waals surface area contributed by atoms with Crippen LogP contribution in [-0.4, -0.2) is 34.6 Å². The van der Waals surface area contributed by atoms with Crippen LogP contribution in [0.2, 0.25) is 0 Å². The standard InChI is InChI=1S/C12H23N7/c1-9(2)8-14-10-15-11(18-13)17-12(16-10)19-6-4-3-5-7-19/h9H,3-8,13H2,1-2H3,(H2,14,15,16,17,18). The highest BCUT2D eigenvalue weighted by Crippen LogP contribution is 2.18. The van der Waals surface area contributed by atoms with Crippen LogP contribution in [0.3, 0.4) is 0 Å². The molecule has 2 heterocycles. The molecule has 19 heavy (non-hydrogen) atoms. The Morgan fingerprint density at radius 2 is 1.79 bits per heavy atom. The monoisotopic (exact) mass is 265 g/mol. The van der Waals surface area contributed by atoms with Crippen molar-refractivity contribution < 1.29 is 0 Å². The highest BCUT2D eigenvalue weighted by Gasteiger charge is 2.16. The molecule has 106 valence electrons. The molecule has 0 atom stereocenters. The number of aromatic nitrogens is 3. The molecule has 7 heteroatoms. The van der Waals surface area contributed by atoms with Gasteiger partial charge in [0.25, 0.3) is 0 Å². The summed E-state index contributed by atoms with van der Waals surface area (Å²) in [6.45, 7) is 7.10. The van der Waals surface area contributed by atoms with Gasteiger partial charge in [0.15, 0.2) is 0 Å². The van der Waals surface area contributed by atoms with Crippen LogP contribution in [0.15, 0.2) is 0 Å². The number of nitrogens with zero attached hydrogens (tertiary/aromatic N) is 4. The Hall–Kier alpha value is -1.63. The normalized spacial score (nSPS) is 15.7. The summed E-state index contributed by atoms with van der Waals surface area (Å²) in [5.74, 6) is 7.64. The highest BCUT2D eigenvalue weighted by atomic mass is 15.4. The first-order valence-corrected chi connectivity index (χ1v) is 6.90. The van der Waals surface area contributed by atoms with Gasteiger partial charge in [-0.2, -0.15) is 15.0 Å². The number of piperidine rings is 1. The first-order valence-electron chi connectivity index (χ1n) is 6.90. The number of nitrogen functional groups attached to an aromatic ring is 1. The van der Waals surface area contributed by atoms with Crippen LogP contribution in [0.25, 0.3) is 0 Å². The first kappa shape index (κ1) is 13.8. The molecule has 0 radical (unpaired) electrons. The summed E-state index contributed by atoms with van der Waals surface area (Å²) in [4.78, 5) is 15.2. The van der Waals surface area contributed by atoms with Crippen LogP contribution >= 0.6 is 0 Å². The minimum absolute atomic E-state index is 0.404. The van der Waals surface area contributed by atoms with E-state index < -0.39 is 0 Å². The molecule has 0 aliphatic carbocycles. The fraction of sp³-hybridized carbons (Fsp3) is 0.750. The molecule has 7 nitrogen and oxygen atoms in total. The largest absolute Gasteiger partial charge is 0.354 e. The zero-order chi connectivity index (χ0) is 13.7. The van der Waals surface area contributed by atoms with E-state index in [0.717, 1.165) is 19.6 Å². The summed E-state index contributed by atoms with van der Waals surface area (Å²) in [6.07, 6.45) is 3.65. The topological polar surface area (TPSA) is 92.0 Å². The Kier molecular flexibility index (Phi) is 4.73. The molecule has 2 rings (SSSR count). The SMILES string of the molecule is CC(C)CNc1nc(NN)nc(N2CCCCC2)n1. The van der Waals surface area contributed by atoms with E-state index in [1.807, 2.05) is 0 Å². The van der Waals surface area contributed by atoms with Crippen molar-refractivity contribution in [1.82, 2.24) is 15.0 Å². The Balaban J connectivity index is 2.14. The lowest BCUT2D eigenvalue weighted by molar-refractivity contribution is 0.567. The van der Waals surface area contributed by atoms with Crippen molar-refractivity contribution in [2.45, 2.75) is 33.1 Å². The van der Waals surface area contributed by atoms with E-state index in [4.69, 9.17) is 5.84 Å². The lowest BCUT2D eigenvalue weighted by atomic mass is 10.1. The highest BCUT2D eigenvalue weighted by molar-refractivity contribution is 5.43. The summed E-state index contributed by atoms with van der Waals surface area (Å²) in [5, 5.41) is 3.21. The average Bonchev–Trinajstić information content (AvgIpc) is 2.45. The second kappa shape index (κ2) is 6.51. The van der Waals surface area contributed by atoms with E-state index in [-0.39, 0.29) is 0 Å². The van der Waals surface area contributed by atoms with Crippen molar-refractivity contribution in [3.05, 3.63) is 0 Å². The van der Waals surface area contributed by atoms with Gasteiger partial charge in [-0.05, 0) is 25.2 Å². The molecular formula is C12H23N7. The van der Waals surface area contributed by atoms with E-state index in [9.17, 15) is 0 Å². The van der Waals surface area contributed by atoms with Gasteiger partial charge < -0.3 is 10.2 Å². The summed E-state index contributed by atoms with van der Waals surface area (Å²) in [5.41, 5.74) is 2.51. The third-order valence-electron chi connectivity index (χ3n) is 3.06. The van der Waals surface area contributed by atoms with Gasteiger partial charge in [-0.3, -0.25) is 5.43 Å². The lowest BCUT2D eigenvalue weighted by Crippen LogP contribution is -2.32. The first-order chi connectivity index (χ1) is 9.19. The lowest BCUT2D eigenvalue weighted by Gasteiger charge is -2.26. The van der Waals surface area contributed by atoms with Gasteiger partial charge in [-0.25, -0.2) is 5.84 Å². The summed E-state index contributed by atoms with van der Waals surface area (Å²) < 4.78 is 0. The Bertz CT molecular complexity index is 401. The number of hydrazine groups is 1. The van der Waals surface area contributed by atoms with Gasteiger partial charge in [0.05, 0.1) is 0 Å². The molecule has 1 aliphatic heterocycles. The van der Waals surface area contributed by atoms with Crippen LogP contribution < -0.4 is 21.5 Å². The molecule has 0 spiro atoms. The fourth-order valence-electron chi connectivity index (χ4n) is 2.04. The third-order valence-corrected chi connectivity index (χ3v) is 3.06. The molecule has 0 saturated carbocycles. The van der Waals surface area contributed by atoms with Crippen LogP contribution in [0.5, 0.6) is 0 Å². The van der Waals surface area contributed by atoms with E-state index >= 15 is 0 Å². The van der Waals surface area contributed by atoms with Gasteiger partial charge in [-0.15, -0.1) is 0 Å². The van der Waals surface area contributed by atoms with E-state index in [0.29, 0.717) is 23.8 Å². The van der Waals surface area contributed by atoms with Crippen LogP contribution in [-0.2, 0) is 0 Å². The van der Waals surface area contributed by atoms with Crippen molar-refractivity contribution in [3.63, 3.8) is 0 Å². The summed E-state index contributed by atoms with van der Waals surface area (Å²) in [6, 6.07) is 0. The van der Waals surface area contributed by atoms with Crippen molar-refractivity contribution >= 4 is 17.8 Å². The van der Waals surface area contributed by atoms with Gasteiger partial charge in [0, 0.05) is 19.6 Å². The summed E-state index contributed by atoms with van der Waals surface area (Å²) in [7, 11) is 0. The van der Waals surface area contributed by atoms with Gasteiger partial charge in [0.2, 0.25) is 17.8 Å². The Labute approximate surface area is 114 Å². The second-order valence-corrected chi connectivity index (χ2v) is 5.25. The zero-order valence-electron chi connectivity index (χ0n) is 11.7. The number of rotatable bonds is 5. The van der Waals surface area contributed by atoms with Gasteiger partial charge in [-0.1, -0.05) is 13.8 Å². The molecule has 1 aliphatic rings. The minimum atomic E-state index is 0.404. The maximum absolute atomic E-state index is 5.42. The molecule has 0 bridgehead atoms. The number of hydrogen-bond acceptors (Lipinski definition) is 7.